The van der Waals surface area contributed by atoms with Gasteiger partial charge in [0, 0.05) is 5.54 Å². The van der Waals surface area contributed by atoms with Gasteiger partial charge in [-0.2, -0.15) is 0 Å². The van der Waals surface area contributed by atoms with Crippen LogP contribution in [0.4, 0.5) is 0 Å². The fraction of sp³-hybridized carbons (Fsp3) is 0.933. The average molecular weight is 282 g/mol. The molecule has 0 bridgehead atoms. The van der Waals surface area contributed by atoms with Gasteiger partial charge in [0.2, 0.25) is 0 Å². The van der Waals surface area contributed by atoms with Gasteiger partial charge in [0.25, 0.3) is 0 Å². The van der Waals surface area contributed by atoms with Crippen LogP contribution < -0.4 is 0 Å². The van der Waals surface area contributed by atoms with Crippen LogP contribution in [0, 0.1) is 0 Å². The van der Waals surface area contributed by atoms with Crippen molar-refractivity contribution >= 4 is 13.6 Å². The Hall–Kier alpha value is -0.545. The van der Waals surface area contributed by atoms with E-state index in [1.54, 1.807) is 0 Å². The minimum atomic E-state index is -0.411. The summed E-state index contributed by atoms with van der Waals surface area (Å²) in [6.45, 7) is 20.9. The van der Waals surface area contributed by atoms with E-state index in [4.69, 9.17) is 9.31 Å². The van der Waals surface area contributed by atoms with Crippen molar-refractivity contribution in [3.8, 4) is 0 Å². The third-order valence-electron chi connectivity index (χ3n) is 3.81. The zero-order valence-corrected chi connectivity index (χ0v) is 14.9. The Morgan fingerprint density at radius 3 is 1.60 bits per heavy atom. The minimum absolute atomic E-state index is 0.118. The molecule has 0 aromatic rings. The first-order chi connectivity index (χ1) is 8.66. The van der Waals surface area contributed by atoms with E-state index in [1.807, 2.05) is 6.34 Å². The molecule has 20 heavy (non-hydrogen) atoms. The molecule has 0 N–H and O–H groups in total. The van der Waals surface area contributed by atoms with Crippen molar-refractivity contribution in [2.45, 2.75) is 91.5 Å². The number of hydrogen-bond donors (Lipinski definition) is 0. The summed E-state index contributed by atoms with van der Waals surface area (Å²) in [4.78, 5) is 6.65. The van der Waals surface area contributed by atoms with Crippen LogP contribution in [0.1, 0.15) is 69.2 Å². The number of hydrogen-bond acceptors (Lipinski definition) is 3. The monoisotopic (exact) mass is 282 g/mol. The van der Waals surface area contributed by atoms with Crippen LogP contribution in [0.15, 0.2) is 4.99 Å². The molecule has 0 aromatic carbocycles. The van der Waals surface area contributed by atoms with Crippen LogP contribution >= 0.6 is 0 Å². The fourth-order valence-corrected chi connectivity index (χ4v) is 1.70. The molecule has 0 aromatic heterocycles. The molecule has 0 atom stereocenters. The Balaban J connectivity index is 3.02. The Morgan fingerprint density at radius 1 is 0.900 bits per heavy atom. The second kappa shape index (κ2) is 5.02. The lowest BCUT2D eigenvalue weighted by molar-refractivity contribution is 0.00578. The summed E-state index contributed by atoms with van der Waals surface area (Å²) >= 11 is 0. The van der Waals surface area contributed by atoms with Crippen molar-refractivity contribution < 1.29 is 9.31 Å². The Morgan fingerprint density at radius 2 is 1.30 bits per heavy atom. The molecule has 4 nitrogen and oxygen atoms in total. The van der Waals surface area contributed by atoms with Gasteiger partial charge < -0.3 is 14.1 Å². The van der Waals surface area contributed by atoms with Gasteiger partial charge in [-0.3, -0.25) is 4.99 Å². The second-order valence-corrected chi connectivity index (χ2v) is 8.56. The zero-order valence-electron chi connectivity index (χ0n) is 14.9. The minimum Gasteiger partial charge on any atom is -0.384 e. The lowest BCUT2D eigenvalue weighted by Crippen LogP contribution is -2.52. The lowest BCUT2D eigenvalue weighted by atomic mass is 9.90. The van der Waals surface area contributed by atoms with Crippen LogP contribution in [0.2, 0.25) is 0 Å². The second-order valence-electron chi connectivity index (χ2n) is 8.56. The van der Waals surface area contributed by atoms with E-state index in [-0.39, 0.29) is 22.3 Å². The molecule has 1 aliphatic heterocycles. The lowest BCUT2D eigenvalue weighted by Gasteiger charge is -2.36. The van der Waals surface area contributed by atoms with Crippen LogP contribution in [0.25, 0.3) is 0 Å². The van der Waals surface area contributed by atoms with Crippen molar-refractivity contribution in [1.29, 1.82) is 0 Å². The van der Waals surface area contributed by atoms with Crippen LogP contribution in [-0.4, -0.2) is 40.7 Å². The first-order valence-corrected chi connectivity index (χ1v) is 7.35. The molecule has 1 heterocycles. The third kappa shape index (κ3) is 3.98. The SMILES string of the molecule is CC(C)(C)N=CN(B1OC(C)(C)C(C)(C)O1)C(C)(C)C. The molecule has 1 aliphatic rings. The molecule has 0 spiro atoms. The van der Waals surface area contributed by atoms with Gasteiger partial charge >= 0.3 is 7.25 Å². The average Bonchev–Trinajstić information content (AvgIpc) is 2.30. The standard InChI is InChI=1S/C15H31BN2O2/c1-12(2,3)17-11-18(13(4,5)6)16-19-14(7,8)15(9,10)20-16/h11H,1-10H3. The highest BCUT2D eigenvalue weighted by molar-refractivity contribution is 6.45. The van der Waals surface area contributed by atoms with E-state index in [0.717, 1.165) is 0 Å². The molecule has 0 aliphatic carbocycles. The van der Waals surface area contributed by atoms with E-state index < -0.39 is 7.25 Å². The molecule has 0 amide bonds. The maximum Gasteiger partial charge on any atom is 0.595 e. The van der Waals surface area contributed by atoms with Crippen molar-refractivity contribution in [2.24, 2.45) is 4.99 Å². The molecule has 1 saturated heterocycles. The van der Waals surface area contributed by atoms with Gasteiger partial charge in [-0.1, -0.05) is 0 Å². The van der Waals surface area contributed by atoms with Gasteiger partial charge in [0.1, 0.15) is 0 Å². The highest BCUT2D eigenvalue weighted by Gasteiger charge is 2.55. The summed E-state index contributed by atoms with van der Waals surface area (Å²) in [5.74, 6) is 0. The van der Waals surface area contributed by atoms with Crippen molar-refractivity contribution in [3.63, 3.8) is 0 Å². The molecule has 1 rings (SSSR count). The van der Waals surface area contributed by atoms with Gasteiger partial charge in [0.15, 0.2) is 0 Å². The topological polar surface area (TPSA) is 34.1 Å². The Kier molecular flexibility index (Phi) is 4.40. The van der Waals surface area contributed by atoms with E-state index in [0.29, 0.717) is 0 Å². The van der Waals surface area contributed by atoms with Gasteiger partial charge in [-0.05, 0) is 69.2 Å². The molecule has 0 radical (unpaired) electrons. The Labute approximate surface area is 125 Å². The largest absolute Gasteiger partial charge is 0.595 e. The first-order valence-electron chi connectivity index (χ1n) is 7.35. The molecule has 0 saturated carbocycles. The van der Waals surface area contributed by atoms with Crippen LogP contribution in [-0.2, 0) is 9.31 Å². The van der Waals surface area contributed by atoms with Crippen LogP contribution in [0.5, 0.6) is 0 Å². The predicted octanol–water partition coefficient (Wildman–Crippen LogP) is 3.50. The Bertz CT molecular complexity index is 362. The van der Waals surface area contributed by atoms with E-state index >= 15 is 0 Å². The smallest absolute Gasteiger partial charge is 0.384 e. The molecule has 0 unspecified atom stereocenters. The van der Waals surface area contributed by atoms with E-state index in [1.165, 1.54) is 0 Å². The maximum absolute atomic E-state index is 6.13. The van der Waals surface area contributed by atoms with Gasteiger partial charge in [0.05, 0.1) is 23.1 Å². The van der Waals surface area contributed by atoms with E-state index in [9.17, 15) is 0 Å². The summed E-state index contributed by atoms with van der Waals surface area (Å²) in [6, 6.07) is 0. The summed E-state index contributed by atoms with van der Waals surface area (Å²) in [5.41, 5.74) is -0.920. The summed E-state index contributed by atoms with van der Waals surface area (Å²) in [6.07, 6.45) is 1.86. The van der Waals surface area contributed by atoms with E-state index in [2.05, 4.69) is 79.0 Å². The predicted molar refractivity (Wildman–Crippen MR) is 85.9 cm³/mol. The molecule has 1 fully saturated rings. The quantitative estimate of drug-likeness (QED) is 0.441. The molecule has 116 valence electrons. The highest BCUT2D eigenvalue weighted by Crippen LogP contribution is 2.38. The normalized spacial score (nSPS) is 22.6. The highest BCUT2D eigenvalue weighted by atomic mass is 16.7. The molecule has 5 heteroatoms. The zero-order chi connectivity index (χ0) is 16.0. The molecular weight excluding hydrogens is 251 g/mol. The van der Waals surface area contributed by atoms with Crippen molar-refractivity contribution in [2.75, 3.05) is 0 Å². The van der Waals surface area contributed by atoms with Gasteiger partial charge in [-0.25, -0.2) is 0 Å². The van der Waals surface area contributed by atoms with Crippen molar-refractivity contribution in [1.82, 2.24) is 4.81 Å². The fourth-order valence-electron chi connectivity index (χ4n) is 1.70. The first kappa shape index (κ1) is 17.5. The number of nitrogens with zero attached hydrogens (tertiary/aromatic N) is 2. The summed E-state index contributed by atoms with van der Waals surface area (Å²) in [5, 5.41) is 0. The summed E-state index contributed by atoms with van der Waals surface area (Å²) in [7, 11) is -0.411. The summed E-state index contributed by atoms with van der Waals surface area (Å²) < 4.78 is 12.3. The van der Waals surface area contributed by atoms with Gasteiger partial charge in [-0.15, -0.1) is 0 Å². The van der Waals surface area contributed by atoms with Crippen LogP contribution in [0.3, 0.4) is 0 Å². The van der Waals surface area contributed by atoms with Crippen molar-refractivity contribution in [3.05, 3.63) is 0 Å². The number of rotatable bonds is 2. The third-order valence-corrected chi connectivity index (χ3v) is 3.81. The maximum atomic E-state index is 6.13. The number of aliphatic imine (C=N–C) groups is 1. The molecular formula is C15H31BN2O2.